The molecule has 0 saturated heterocycles. The number of nitrogens with one attached hydrogen (secondary N) is 1. The van der Waals surface area contributed by atoms with E-state index in [1.54, 1.807) is 0 Å². The molecule has 0 aromatic heterocycles. The number of hydrogen-bond acceptors (Lipinski definition) is 3. The van der Waals surface area contributed by atoms with Crippen molar-refractivity contribution in [1.29, 1.82) is 0 Å². The monoisotopic (exact) mass is 291 g/mol. The van der Waals surface area contributed by atoms with Crippen molar-refractivity contribution in [1.82, 2.24) is 0 Å². The number of hydrogen-bond donors (Lipinski definition) is 2. The highest BCUT2D eigenvalue weighted by atomic mass is 32.2. The smallest absolute Gasteiger partial charge is 0.416 e. The van der Waals surface area contributed by atoms with Crippen LogP contribution in [0.5, 0.6) is 0 Å². The molecule has 0 bridgehead atoms. The molecule has 0 saturated carbocycles. The van der Waals surface area contributed by atoms with E-state index in [4.69, 9.17) is 5.11 Å². The normalized spacial score (nSPS) is 18.7. The summed E-state index contributed by atoms with van der Waals surface area (Å²) < 4.78 is 37.5. The second-order valence-corrected chi connectivity index (χ2v) is 5.15. The Labute approximate surface area is 110 Å². The average molecular weight is 291 g/mol. The molecule has 1 heterocycles. The Morgan fingerprint density at radius 1 is 1.42 bits per heavy atom. The molecule has 0 unspecified atom stereocenters. The summed E-state index contributed by atoms with van der Waals surface area (Å²) in [6.07, 6.45) is -4.86. The Hall–Kier alpha value is -1.70. The molecule has 1 aromatic rings. The summed E-state index contributed by atoms with van der Waals surface area (Å²) in [7, 11) is 0. The second-order valence-electron chi connectivity index (χ2n) is 3.90. The van der Waals surface area contributed by atoms with Crippen LogP contribution < -0.4 is 5.32 Å². The minimum Gasteiger partial charge on any atom is -0.481 e. The zero-order valence-electron chi connectivity index (χ0n) is 9.32. The lowest BCUT2D eigenvalue weighted by atomic mass is 10.1. The molecule has 0 aliphatic carbocycles. The van der Waals surface area contributed by atoms with Crippen molar-refractivity contribution in [3.63, 3.8) is 0 Å². The first-order valence-corrected chi connectivity index (χ1v) is 6.06. The number of fused-ring (bicyclic) bond motifs is 1. The molecular formula is C11H8F3NO3S. The zero-order valence-corrected chi connectivity index (χ0v) is 10.1. The van der Waals surface area contributed by atoms with E-state index in [0.29, 0.717) is 4.90 Å². The van der Waals surface area contributed by atoms with Gasteiger partial charge in [-0.2, -0.15) is 13.2 Å². The maximum Gasteiger partial charge on any atom is 0.416 e. The van der Waals surface area contributed by atoms with Gasteiger partial charge in [-0.15, -0.1) is 11.8 Å². The first-order valence-electron chi connectivity index (χ1n) is 5.18. The third-order valence-electron chi connectivity index (χ3n) is 2.49. The summed E-state index contributed by atoms with van der Waals surface area (Å²) in [5.74, 6) is -1.73. The van der Waals surface area contributed by atoms with Gasteiger partial charge >= 0.3 is 12.1 Å². The van der Waals surface area contributed by atoms with Crippen molar-refractivity contribution >= 4 is 29.3 Å². The number of rotatable bonds is 2. The number of benzene rings is 1. The zero-order chi connectivity index (χ0) is 14.2. The van der Waals surface area contributed by atoms with Gasteiger partial charge in [0, 0.05) is 4.90 Å². The van der Waals surface area contributed by atoms with Gasteiger partial charge in [0.15, 0.2) is 0 Å². The van der Waals surface area contributed by atoms with Crippen LogP contribution in [0, 0.1) is 0 Å². The second kappa shape index (κ2) is 4.76. The van der Waals surface area contributed by atoms with Crippen LogP contribution in [0.2, 0.25) is 0 Å². The maximum absolute atomic E-state index is 12.5. The number of thioether (sulfide) groups is 1. The van der Waals surface area contributed by atoms with E-state index in [-0.39, 0.29) is 12.1 Å². The summed E-state index contributed by atoms with van der Waals surface area (Å²) >= 11 is 0.953. The first-order chi connectivity index (χ1) is 8.77. The molecule has 102 valence electrons. The van der Waals surface area contributed by atoms with Gasteiger partial charge in [0.2, 0.25) is 5.91 Å². The quantitative estimate of drug-likeness (QED) is 0.879. The van der Waals surface area contributed by atoms with Crippen molar-refractivity contribution in [3.8, 4) is 0 Å². The van der Waals surface area contributed by atoms with Gasteiger partial charge < -0.3 is 10.4 Å². The summed E-state index contributed by atoms with van der Waals surface area (Å²) in [4.78, 5) is 22.6. The van der Waals surface area contributed by atoms with E-state index in [9.17, 15) is 22.8 Å². The molecule has 8 heteroatoms. The molecule has 0 spiro atoms. The molecule has 1 aliphatic rings. The number of alkyl halides is 3. The van der Waals surface area contributed by atoms with Gasteiger partial charge in [0.25, 0.3) is 0 Å². The Balaban J connectivity index is 2.28. The summed E-state index contributed by atoms with van der Waals surface area (Å²) in [6, 6.07) is 2.98. The summed E-state index contributed by atoms with van der Waals surface area (Å²) in [5, 5.41) is 10.1. The minimum atomic E-state index is -4.48. The Bertz CT molecular complexity index is 544. The van der Waals surface area contributed by atoms with Crippen molar-refractivity contribution < 1.29 is 27.9 Å². The molecule has 1 atom stereocenters. The van der Waals surface area contributed by atoms with Crippen LogP contribution in [0.15, 0.2) is 23.1 Å². The number of carbonyl (C=O) groups is 2. The van der Waals surface area contributed by atoms with E-state index in [1.807, 2.05) is 0 Å². The molecule has 2 rings (SSSR count). The van der Waals surface area contributed by atoms with Gasteiger partial charge in [-0.1, -0.05) is 0 Å². The van der Waals surface area contributed by atoms with E-state index >= 15 is 0 Å². The molecule has 4 nitrogen and oxygen atoms in total. The van der Waals surface area contributed by atoms with Crippen molar-refractivity contribution in [3.05, 3.63) is 23.8 Å². The van der Waals surface area contributed by atoms with Crippen LogP contribution in [0.1, 0.15) is 12.0 Å². The topological polar surface area (TPSA) is 66.4 Å². The van der Waals surface area contributed by atoms with Gasteiger partial charge in [-0.3, -0.25) is 9.59 Å². The fourth-order valence-electron chi connectivity index (χ4n) is 1.62. The standard InChI is InChI=1S/C11H8F3NO3S/c12-11(13,14)5-1-2-7-6(3-5)15-10(18)8(19-7)4-9(16)17/h1-3,8H,4H2,(H,15,18)(H,16,17)/t8-/m0/s1. The lowest BCUT2D eigenvalue weighted by molar-refractivity contribution is -0.138. The predicted octanol–water partition coefficient (Wildman–Crippen LogP) is 2.59. The number of carboxylic acid groups (broad SMARTS) is 1. The lowest BCUT2D eigenvalue weighted by Crippen LogP contribution is -2.31. The molecule has 2 N–H and O–H groups in total. The van der Waals surface area contributed by atoms with Crippen LogP contribution in [0.4, 0.5) is 18.9 Å². The molecule has 0 fully saturated rings. The van der Waals surface area contributed by atoms with Gasteiger partial charge in [-0.25, -0.2) is 0 Å². The summed E-state index contributed by atoms with van der Waals surface area (Å²) in [5.41, 5.74) is -0.796. The molecular weight excluding hydrogens is 283 g/mol. The number of amides is 1. The van der Waals surface area contributed by atoms with Crippen molar-refractivity contribution in [2.45, 2.75) is 22.7 Å². The average Bonchev–Trinajstić information content (AvgIpc) is 2.27. The Kier molecular flexibility index (Phi) is 3.44. The number of anilines is 1. The molecule has 1 amide bonds. The number of aliphatic carboxylic acids is 1. The van der Waals surface area contributed by atoms with E-state index in [1.165, 1.54) is 6.07 Å². The maximum atomic E-state index is 12.5. The highest BCUT2D eigenvalue weighted by Crippen LogP contribution is 2.40. The van der Waals surface area contributed by atoms with Crippen molar-refractivity contribution in [2.24, 2.45) is 0 Å². The van der Waals surface area contributed by atoms with Crippen LogP contribution >= 0.6 is 11.8 Å². The van der Waals surface area contributed by atoms with Gasteiger partial charge in [0.1, 0.15) is 0 Å². The number of carbonyl (C=O) groups excluding carboxylic acids is 1. The Morgan fingerprint density at radius 2 is 2.11 bits per heavy atom. The van der Waals surface area contributed by atoms with E-state index in [2.05, 4.69) is 5.32 Å². The molecule has 19 heavy (non-hydrogen) atoms. The van der Waals surface area contributed by atoms with Crippen LogP contribution in [0.3, 0.4) is 0 Å². The largest absolute Gasteiger partial charge is 0.481 e. The van der Waals surface area contributed by atoms with E-state index in [0.717, 1.165) is 23.9 Å². The predicted molar refractivity (Wildman–Crippen MR) is 62.0 cm³/mol. The summed E-state index contributed by atoms with van der Waals surface area (Å²) in [6.45, 7) is 0. The third-order valence-corrected chi connectivity index (χ3v) is 3.76. The molecule has 0 radical (unpaired) electrons. The Morgan fingerprint density at radius 3 is 2.68 bits per heavy atom. The lowest BCUT2D eigenvalue weighted by Gasteiger charge is -2.23. The SMILES string of the molecule is O=C(O)C[C@@H]1Sc2ccc(C(F)(F)F)cc2NC1=O. The number of halogens is 3. The fourth-order valence-corrected chi connectivity index (χ4v) is 2.70. The third kappa shape index (κ3) is 3.01. The van der Waals surface area contributed by atoms with Crippen LogP contribution in [-0.4, -0.2) is 22.2 Å². The highest BCUT2D eigenvalue weighted by molar-refractivity contribution is 8.01. The van der Waals surface area contributed by atoms with E-state index < -0.39 is 28.9 Å². The fraction of sp³-hybridized carbons (Fsp3) is 0.273. The first kappa shape index (κ1) is 13.7. The van der Waals surface area contributed by atoms with Gasteiger partial charge in [-0.05, 0) is 18.2 Å². The van der Waals surface area contributed by atoms with Crippen LogP contribution in [-0.2, 0) is 15.8 Å². The van der Waals surface area contributed by atoms with Gasteiger partial charge in [0.05, 0.1) is 22.9 Å². The molecule has 1 aromatic carbocycles. The number of carboxylic acids is 1. The van der Waals surface area contributed by atoms with Crippen LogP contribution in [0.25, 0.3) is 0 Å². The van der Waals surface area contributed by atoms with Crippen molar-refractivity contribution in [2.75, 3.05) is 5.32 Å². The molecule has 1 aliphatic heterocycles. The highest BCUT2D eigenvalue weighted by Gasteiger charge is 2.34. The minimum absolute atomic E-state index is 0.0615.